The molecule has 8 nitrogen and oxygen atoms in total. The Morgan fingerprint density at radius 2 is 1.65 bits per heavy atom. The number of rotatable bonds is 6. The number of nitrogens with one attached hydrogen (secondary N) is 1. The fourth-order valence-corrected chi connectivity index (χ4v) is 6.46. The van der Waals surface area contributed by atoms with Gasteiger partial charge in [0.2, 0.25) is 0 Å². The first-order valence-corrected chi connectivity index (χ1v) is 14.7. The minimum Gasteiger partial charge on any atom is -0.497 e. The van der Waals surface area contributed by atoms with E-state index in [0.717, 1.165) is 33.8 Å². The van der Waals surface area contributed by atoms with Gasteiger partial charge in [-0.15, -0.1) is 0 Å². The van der Waals surface area contributed by atoms with Gasteiger partial charge in [0.05, 0.1) is 40.3 Å². The van der Waals surface area contributed by atoms with Crippen molar-refractivity contribution in [3.8, 4) is 11.4 Å². The summed E-state index contributed by atoms with van der Waals surface area (Å²) < 4.78 is 9.41. The van der Waals surface area contributed by atoms with Crippen LogP contribution in [0.25, 0.3) is 11.8 Å². The third kappa shape index (κ3) is 5.12. The van der Waals surface area contributed by atoms with Gasteiger partial charge in [-0.2, -0.15) is 5.10 Å². The normalized spacial score (nSPS) is 14.8. The predicted molar refractivity (Wildman–Crippen MR) is 170 cm³/mol. The molecule has 216 valence electrons. The molecule has 0 radical (unpaired) electrons. The molecule has 3 aromatic carbocycles. The lowest BCUT2D eigenvalue weighted by Crippen LogP contribution is -2.40. The molecule has 0 saturated carbocycles. The minimum atomic E-state index is -0.678. The van der Waals surface area contributed by atoms with Gasteiger partial charge in [0.25, 0.3) is 11.5 Å². The molecule has 9 heteroatoms. The molecule has 2 aromatic heterocycles. The molecule has 6 rings (SSSR count). The Hall–Kier alpha value is -5.02. The summed E-state index contributed by atoms with van der Waals surface area (Å²) in [4.78, 5) is 33.4. The van der Waals surface area contributed by atoms with Crippen molar-refractivity contribution in [3.05, 3.63) is 138 Å². The van der Waals surface area contributed by atoms with E-state index in [1.807, 2.05) is 117 Å². The maximum Gasteiger partial charge on any atom is 0.271 e. The summed E-state index contributed by atoms with van der Waals surface area (Å²) in [7, 11) is 1.60. The number of hydrogen-bond donors (Lipinski definition) is 1. The number of nitrogens with zero attached hydrogens (tertiary/aromatic N) is 4. The SMILES string of the molecule is COc1ccc([C@@H]2C(C(=O)Nc3ccccc3C)=C(C)N=c3s/c(=C/c4c(C)nn(-c5ccccc5)c4C)c(=O)n32)cc1. The number of aryl methyl sites for hydroxylation is 2. The maximum absolute atomic E-state index is 14.2. The van der Waals surface area contributed by atoms with E-state index >= 15 is 0 Å². The quantitative estimate of drug-likeness (QED) is 0.302. The molecule has 3 heterocycles. The topological polar surface area (TPSA) is 90.5 Å². The van der Waals surface area contributed by atoms with Crippen molar-refractivity contribution in [1.29, 1.82) is 0 Å². The second-order valence-electron chi connectivity index (χ2n) is 10.5. The largest absolute Gasteiger partial charge is 0.497 e. The van der Waals surface area contributed by atoms with Crippen LogP contribution in [0, 0.1) is 20.8 Å². The van der Waals surface area contributed by atoms with E-state index in [1.54, 1.807) is 11.7 Å². The van der Waals surface area contributed by atoms with E-state index in [4.69, 9.17) is 14.8 Å². The molecule has 0 spiro atoms. The molecular formula is C34H31N5O3S. The number of aromatic nitrogens is 3. The third-order valence-corrected chi connectivity index (χ3v) is 8.70. The molecule has 0 bridgehead atoms. The Bertz CT molecular complexity index is 2070. The van der Waals surface area contributed by atoms with Crippen LogP contribution in [0.4, 0.5) is 5.69 Å². The molecule has 1 aliphatic rings. The van der Waals surface area contributed by atoms with Gasteiger partial charge in [0.1, 0.15) is 5.75 Å². The molecule has 5 aromatic rings. The highest BCUT2D eigenvalue weighted by Crippen LogP contribution is 2.32. The zero-order valence-electron chi connectivity index (χ0n) is 24.6. The van der Waals surface area contributed by atoms with Crippen molar-refractivity contribution in [2.45, 2.75) is 33.7 Å². The molecular weight excluding hydrogens is 558 g/mol. The average molecular weight is 590 g/mol. The summed E-state index contributed by atoms with van der Waals surface area (Å²) in [6.45, 7) is 7.69. The second-order valence-corrected chi connectivity index (χ2v) is 11.5. The number of para-hydroxylation sites is 2. The summed E-state index contributed by atoms with van der Waals surface area (Å²) >= 11 is 1.31. The van der Waals surface area contributed by atoms with Crippen LogP contribution in [0.3, 0.4) is 0 Å². The number of ether oxygens (including phenoxy) is 1. The van der Waals surface area contributed by atoms with Crippen LogP contribution in [-0.4, -0.2) is 27.4 Å². The van der Waals surface area contributed by atoms with Crippen LogP contribution in [0.2, 0.25) is 0 Å². The number of amides is 1. The summed E-state index contributed by atoms with van der Waals surface area (Å²) in [6, 6.07) is 24.3. The van der Waals surface area contributed by atoms with Gasteiger partial charge < -0.3 is 10.1 Å². The van der Waals surface area contributed by atoms with E-state index in [1.165, 1.54) is 11.3 Å². The van der Waals surface area contributed by atoms with E-state index in [9.17, 15) is 9.59 Å². The van der Waals surface area contributed by atoms with Crippen LogP contribution in [0.1, 0.15) is 41.0 Å². The third-order valence-electron chi connectivity index (χ3n) is 7.71. The Balaban J connectivity index is 1.50. The zero-order valence-corrected chi connectivity index (χ0v) is 25.4. The number of thiazole rings is 1. The van der Waals surface area contributed by atoms with Crippen LogP contribution in [-0.2, 0) is 4.79 Å². The van der Waals surface area contributed by atoms with Crippen molar-refractivity contribution in [2.24, 2.45) is 4.99 Å². The van der Waals surface area contributed by atoms with Crippen LogP contribution in [0.5, 0.6) is 5.75 Å². The smallest absolute Gasteiger partial charge is 0.271 e. The number of methoxy groups -OCH3 is 1. The van der Waals surface area contributed by atoms with Crippen molar-refractivity contribution in [2.75, 3.05) is 12.4 Å². The van der Waals surface area contributed by atoms with Crippen LogP contribution < -0.4 is 24.9 Å². The standard InChI is InChI=1S/C34H31N5O3S/c1-20-11-9-10-14-28(20)36-32(40)30-22(3)35-34-38(31(30)24-15-17-26(42-5)18-16-24)33(41)29(43-34)19-27-21(2)37-39(23(27)4)25-12-7-6-8-13-25/h6-19,31H,1-5H3,(H,36,40)/b29-19+/t31-/m1/s1. The first-order chi connectivity index (χ1) is 20.8. The van der Waals surface area contributed by atoms with Crippen LogP contribution >= 0.6 is 11.3 Å². The zero-order chi connectivity index (χ0) is 30.2. The van der Waals surface area contributed by atoms with E-state index in [-0.39, 0.29) is 11.5 Å². The molecule has 1 amide bonds. The molecule has 1 atom stereocenters. The van der Waals surface area contributed by atoms with Crippen LogP contribution in [0.15, 0.2) is 99.9 Å². The van der Waals surface area contributed by atoms with E-state index in [2.05, 4.69) is 5.32 Å². The Kier molecular flexibility index (Phi) is 7.41. The van der Waals surface area contributed by atoms with Gasteiger partial charge in [0, 0.05) is 16.9 Å². The van der Waals surface area contributed by atoms with Crippen molar-refractivity contribution in [3.63, 3.8) is 0 Å². The van der Waals surface area contributed by atoms with Gasteiger partial charge in [-0.3, -0.25) is 14.2 Å². The summed E-state index contributed by atoms with van der Waals surface area (Å²) in [5.74, 6) is 0.380. The van der Waals surface area contributed by atoms with Gasteiger partial charge in [-0.1, -0.05) is 59.9 Å². The molecule has 43 heavy (non-hydrogen) atoms. The Morgan fingerprint density at radius 1 is 0.953 bits per heavy atom. The lowest BCUT2D eigenvalue weighted by Gasteiger charge is -2.25. The van der Waals surface area contributed by atoms with Gasteiger partial charge in [-0.25, -0.2) is 9.67 Å². The number of allylic oxidation sites excluding steroid dienone is 1. The number of carbonyl (C=O) groups excluding carboxylic acids is 1. The number of hydrogen-bond acceptors (Lipinski definition) is 6. The Morgan fingerprint density at radius 3 is 2.35 bits per heavy atom. The van der Waals surface area contributed by atoms with Crippen molar-refractivity contribution >= 4 is 29.0 Å². The van der Waals surface area contributed by atoms with Gasteiger partial charge in [0.15, 0.2) is 4.80 Å². The summed E-state index contributed by atoms with van der Waals surface area (Å²) in [5.41, 5.74) is 6.75. The van der Waals surface area contributed by atoms with Gasteiger partial charge in [-0.05, 0) is 75.2 Å². The summed E-state index contributed by atoms with van der Waals surface area (Å²) in [6.07, 6.45) is 1.89. The number of carbonyl (C=O) groups is 1. The highest BCUT2D eigenvalue weighted by atomic mass is 32.1. The molecule has 0 saturated heterocycles. The second kappa shape index (κ2) is 11.3. The molecule has 1 N–H and O–H groups in total. The molecule has 0 aliphatic carbocycles. The minimum absolute atomic E-state index is 0.218. The molecule has 0 unspecified atom stereocenters. The Labute approximate surface area is 252 Å². The molecule has 1 aliphatic heterocycles. The maximum atomic E-state index is 14.2. The lowest BCUT2D eigenvalue weighted by molar-refractivity contribution is -0.113. The first-order valence-electron chi connectivity index (χ1n) is 13.9. The van der Waals surface area contributed by atoms with Crippen molar-refractivity contribution in [1.82, 2.24) is 14.3 Å². The number of benzene rings is 3. The lowest BCUT2D eigenvalue weighted by atomic mass is 9.95. The first kappa shape index (κ1) is 28.1. The average Bonchev–Trinajstić information content (AvgIpc) is 3.48. The van der Waals surface area contributed by atoms with E-state index in [0.29, 0.717) is 32.0 Å². The van der Waals surface area contributed by atoms with Crippen molar-refractivity contribution < 1.29 is 9.53 Å². The molecule has 0 fully saturated rings. The number of fused-ring (bicyclic) bond motifs is 1. The highest BCUT2D eigenvalue weighted by molar-refractivity contribution is 7.07. The van der Waals surface area contributed by atoms with Gasteiger partial charge >= 0.3 is 0 Å². The van der Waals surface area contributed by atoms with E-state index < -0.39 is 6.04 Å². The predicted octanol–water partition coefficient (Wildman–Crippen LogP) is 4.99. The number of anilines is 1. The highest BCUT2D eigenvalue weighted by Gasteiger charge is 2.33. The fraction of sp³-hybridized carbons (Fsp3) is 0.176. The monoisotopic (exact) mass is 589 g/mol. The fourth-order valence-electron chi connectivity index (χ4n) is 5.43. The summed E-state index contributed by atoms with van der Waals surface area (Å²) in [5, 5.41) is 7.80.